The third-order valence-electron chi connectivity index (χ3n) is 3.87. The van der Waals surface area contributed by atoms with E-state index >= 15 is 0 Å². The summed E-state index contributed by atoms with van der Waals surface area (Å²) in [6, 6.07) is 5.74. The van der Waals surface area contributed by atoms with Crippen LogP contribution in [0.4, 0.5) is 5.69 Å². The Hall–Kier alpha value is -1.99. The van der Waals surface area contributed by atoms with E-state index in [1.807, 2.05) is 0 Å². The molecule has 1 saturated heterocycles. The third kappa shape index (κ3) is 4.25. The molecular weight excluding hydrogens is 286 g/mol. The van der Waals surface area contributed by atoms with Gasteiger partial charge < -0.3 is 10.0 Å². The van der Waals surface area contributed by atoms with Gasteiger partial charge in [0.15, 0.2) is 0 Å². The Morgan fingerprint density at radius 1 is 1.14 bits per heavy atom. The molecule has 120 valence electrons. The molecule has 0 unspecified atom stereocenters. The molecule has 0 radical (unpaired) electrons. The zero-order chi connectivity index (χ0) is 15.9. The van der Waals surface area contributed by atoms with Crippen LogP contribution in [0, 0.1) is 10.1 Å². The second kappa shape index (κ2) is 7.86. The number of aliphatic hydroxyl groups is 1. The Kier molecular flexibility index (Phi) is 5.85. The second-order valence-corrected chi connectivity index (χ2v) is 5.37. The number of piperazine rings is 1. The molecule has 0 spiro atoms. The predicted octanol–water partition coefficient (Wildman–Crippen LogP) is 1.13. The SMILES string of the molecule is O=C(c1ccc([N+](=O)[O-])cc1)N1CCN(CCCCO)CC1. The van der Waals surface area contributed by atoms with Gasteiger partial charge >= 0.3 is 0 Å². The van der Waals surface area contributed by atoms with E-state index in [0.717, 1.165) is 32.5 Å². The molecule has 1 heterocycles. The van der Waals surface area contributed by atoms with Gasteiger partial charge in [-0.1, -0.05) is 0 Å². The summed E-state index contributed by atoms with van der Waals surface area (Å²) < 4.78 is 0. The van der Waals surface area contributed by atoms with Gasteiger partial charge in [0, 0.05) is 50.5 Å². The quantitative estimate of drug-likeness (QED) is 0.483. The molecule has 1 aliphatic heterocycles. The van der Waals surface area contributed by atoms with Crippen LogP contribution in [0.3, 0.4) is 0 Å². The summed E-state index contributed by atoms with van der Waals surface area (Å²) >= 11 is 0. The van der Waals surface area contributed by atoms with E-state index in [2.05, 4.69) is 4.90 Å². The Bertz CT molecular complexity index is 510. The van der Waals surface area contributed by atoms with Crippen LogP contribution in [0.1, 0.15) is 23.2 Å². The average Bonchev–Trinajstić information content (AvgIpc) is 2.55. The number of nitro groups is 1. The standard InChI is InChI=1S/C15H21N3O4/c19-12-2-1-7-16-8-10-17(11-9-16)15(20)13-3-5-14(6-4-13)18(21)22/h3-6,19H,1-2,7-12H2. The summed E-state index contributed by atoms with van der Waals surface area (Å²) in [5.74, 6) is -0.0788. The predicted molar refractivity (Wildman–Crippen MR) is 81.8 cm³/mol. The maximum atomic E-state index is 12.4. The lowest BCUT2D eigenvalue weighted by atomic mass is 10.1. The van der Waals surface area contributed by atoms with Gasteiger partial charge in [0.25, 0.3) is 11.6 Å². The summed E-state index contributed by atoms with van der Waals surface area (Å²) in [5.41, 5.74) is 0.476. The van der Waals surface area contributed by atoms with Gasteiger partial charge in [-0.15, -0.1) is 0 Å². The number of aliphatic hydroxyl groups excluding tert-OH is 1. The largest absolute Gasteiger partial charge is 0.396 e. The monoisotopic (exact) mass is 307 g/mol. The van der Waals surface area contributed by atoms with Crippen LogP contribution >= 0.6 is 0 Å². The molecule has 7 heteroatoms. The van der Waals surface area contributed by atoms with Gasteiger partial charge in [0.05, 0.1) is 4.92 Å². The lowest BCUT2D eigenvalue weighted by molar-refractivity contribution is -0.384. The van der Waals surface area contributed by atoms with Crippen molar-refractivity contribution >= 4 is 11.6 Å². The molecule has 0 bridgehead atoms. The highest BCUT2D eigenvalue weighted by Gasteiger charge is 2.22. The van der Waals surface area contributed by atoms with E-state index in [0.29, 0.717) is 18.7 Å². The summed E-state index contributed by atoms with van der Waals surface area (Å²) in [4.78, 5) is 26.6. The Balaban J connectivity index is 1.85. The molecule has 1 fully saturated rings. The van der Waals surface area contributed by atoms with Crippen LogP contribution in [0.5, 0.6) is 0 Å². The highest BCUT2D eigenvalue weighted by molar-refractivity contribution is 5.94. The minimum Gasteiger partial charge on any atom is -0.396 e. The van der Waals surface area contributed by atoms with Gasteiger partial charge in [-0.2, -0.15) is 0 Å². The number of hydrogen-bond donors (Lipinski definition) is 1. The number of benzene rings is 1. The smallest absolute Gasteiger partial charge is 0.269 e. The number of carbonyl (C=O) groups excluding carboxylic acids is 1. The molecular formula is C15H21N3O4. The third-order valence-corrected chi connectivity index (χ3v) is 3.87. The van der Waals surface area contributed by atoms with E-state index in [1.165, 1.54) is 24.3 Å². The number of amides is 1. The minimum absolute atomic E-state index is 0.00903. The molecule has 1 N–H and O–H groups in total. The van der Waals surface area contributed by atoms with Crippen molar-refractivity contribution in [2.24, 2.45) is 0 Å². The van der Waals surface area contributed by atoms with Crippen LogP contribution in [0.2, 0.25) is 0 Å². The number of rotatable bonds is 6. The second-order valence-electron chi connectivity index (χ2n) is 5.37. The maximum Gasteiger partial charge on any atom is 0.269 e. The van der Waals surface area contributed by atoms with Crippen LogP contribution in [0.25, 0.3) is 0 Å². The zero-order valence-corrected chi connectivity index (χ0v) is 12.5. The maximum absolute atomic E-state index is 12.4. The molecule has 0 aliphatic carbocycles. The number of nitrogens with zero attached hydrogens (tertiary/aromatic N) is 3. The van der Waals surface area contributed by atoms with Crippen molar-refractivity contribution < 1.29 is 14.8 Å². The fraction of sp³-hybridized carbons (Fsp3) is 0.533. The molecule has 2 rings (SSSR count). The normalized spacial score (nSPS) is 15.8. The van der Waals surface area contributed by atoms with Crippen molar-refractivity contribution in [3.63, 3.8) is 0 Å². The number of unbranched alkanes of at least 4 members (excludes halogenated alkanes) is 1. The van der Waals surface area contributed by atoms with Crippen LogP contribution in [0.15, 0.2) is 24.3 Å². The lowest BCUT2D eigenvalue weighted by Crippen LogP contribution is -2.48. The molecule has 0 saturated carbocycles. The average molecular weight is 307 g/mol. The van der Waals surface area contributed by atoms with Gasteiger partial charge in [-0.05, 0) is 31.5 Å². The first-order valence-electron chi connectivity index (χ1n) is 7.49. The first-order chi connectivity index (χ1) is 10.6. The topological polar surface area (TPSA) is 86.9 Å². The van der Waals surface area contributed by atoms with Gasteiger partial charge in [-0.3, -0.25) is 19.8 Å². The summed E-state index contributed by atoms with van der Waals surface area (Å²) in [5, 5.41) is 19.4. The number of carbonyl (C=O) groups is 1. The van der Waals surface area contributed by atoms with Crippen molar-refractivity contribution in [1.29, 1.82) is 0 Å². The summed E-state index contributed by atoms with van der Waals surface area (Å²) in [6.45, 7) is 4.14. The fourth-order valence-corrected chi connectivity index (χ4v) is 2.53. The van der Waals surface area contributed by atoms with E-state index in [9.17, 15) is 14.9 Å². The van der Waals surface area contributed by atoms with Crippen molar-refractivity contribution in [2.75, 3.05) is 39.3 Å². The Morgan fingerprint density at radius 2 is 1.77 bits per heavy atom. The van der Waals surface area contributed by atoms with Gasteiger partial charge in [-0.25, -0.2) is 0 Å². The van der Waals surface area contributed by atoms with E-state index in [-0.39, 0.29) is 18.2 Å². The molecule has 0 aromatic heterocycles. The Morgan fingerprint density at radius 3 is 2.32 bits per heavy atom. The van der Waals surface area contributed by atoms with Crippen molar-refractivity contribution in [1.82, 2.24) is 9.80 Å². The molecule has 1 aromatic rings. The van der Waals surface area contributed by atoms with Crippen LogP contribution in [-0.4, -0.2) is 65.1 Å². The number of nitro benzene ring substituents is 1. The Labute approximate surface area is 129 Å². The number of hydrogen-bond acceptors (Lipinski definition) is 5. The van der Waals surface area contributed by atoms with Gasteiger partial charge in [0.1, 0.15) is 0 Å². The van der Waals surface area contributed by atoms with Crippen LogP contribution in [-0.2, 0) is 0 Å². The zero-order valence-electron chi connectivity index (χ0n) is 12.5. The first-order valence-corrected chi connectivity index (χ1v) is 7.49. The van der Waals surface area contributed by atoms with Crippen molar-refractivity contribution in [3.8, 4) is 0 Å². The fourth-order valence-electron chi connectivity index (χ4n) is 2.53. The molecule has 1 aliphatic rings. The lowest BCUT2D eigenvalue weighted by Gasteiger charge is -2.34. The first kappa shape index (κ1) is 16.4. The highest BCUT2D eigenvalue weighted by atomic mass is 16.6. The summed E-state index contributed by atoms with van der Waals surface area (Å²) in [6.07, 6.45) is 1.77. The van der Waals surface area contributed by atoms with E-state index < -0.39 is 4.92 Å². The number of non-ortho nitro benzene ring substituents is 1. The molecule has 0 atom stereocenters. The molecule has 7 nitrogen and oxygen atoms in total. The van der Waals surface area contributed by atoms with Gasteiger partial charge in [0.2, 0.25) is 0 Å². The van der Waals surface area contributed by atoms with Crippen LogP contribution < -0.4 is 0 Å². The van der Waals surface area contributed by atoms with E-state index in [1.54, 1.807) is 4.90 Å². The molecule has 1 amide bonds. The van der Waals surface area contributed by atoms with E-state index in [4.69, 9.17) is 5.11 Å². The molecule has 1 aromatic carbocycles. The highest BCUT2D eigenvalue weighted by Crippen LogP contribution is 2.14. The minimum atomic E-state index is -0.473. The van der Waals surface area contributed by atoms with Crippen molar-refractivity contribution in [3.05, 3.63) is 39.9 Å². The summed E-state index contributed by atoms with van der Waals surface area (Å²) in [7, 11) is 0. The molecule has 22 heavy (non-hydrogen) atoms. The van der Waals surface area contributed by atoms with Crippen molar-refractivity contribution in [2.45, 2.75) is 12.8 Å².